The monoisotopic (exact) mass is 1070 g/mol. The molecule has 0 aromatic heterocycles. The standard InChI is InChI=1S/C61H111O12P/c1-3-5-7-9-11-13-15-17-19-21-23-25-27-29-31-33-35-37-39-41-43-45-47-49-51-70-52-54(53-71-74(68,69)73-61-59(66)57(64)56(63)58(65)60(61)67)72-55(62)50-48-46-44-42-40-38-36-34-32-30-28-26-24-22-20-18-16-14-12-10-8-6-4-2/h6,8,12,14,18,20,24,26,30,32,54,56-61,63-67H,3-5,7,9-11,13,15-17,19,21-23,25,27-29,31,33-53H2,1-2H3,(H,68,69)/b8-6-,14-12-,20-18-,26-24-,32-30-. The maximum Gasteiger partial charge on any atom is 0.472 e. The number of esters is 1. The highest BCUT2D eigenvalue weighted by Crippen LogP contribution is 2.47. The molecule has 1 aliphatic carbocycles. The third-order valence-corrected chi connectivity index (χ3v) is 14.9. The van der Waals surface area contributed by atoms with E-state index in [-0.39, 0.29) is 13.0 Å². The molecular weight excluding hydrogens is 956 g/mol. The summed E-state index contributed by atoms with van der Waals surface area (Å²) < 4.78 is 34.5. The molecule has 6 unspecified atom stereocenters. The molecule has 13 heteroatoms. The minimum atomic E-state index is -5.03. The number of aliphatic hydroxyl groups excluding tert-OH is 5. The van der Waals surface area contributed by atoms with E-state index in [0.717, 1.165) is 96.3 Å². The number of phosphoric acid groups is 1. The van der Waals surface area contributed by atoms with Gasteiger partial charge in [0, 0.05) is 13.0 Å². The second-order valence-electron chi connectivity index (χ2n) is 20.8. The first kappa shape index (κ1) is 70.1. The Morgan fingerprint density at radius 3 is 1.22 bits per heavy atom. The summed E-state index contributed by atoms with van der Waals surface area (Å²) in [6.07, 6.45) is 54.4. The van der Waals surface area contributed by atoms with Crippen molar-refractivity contribution in [1.82, 2.24) is 0 Å². The van der Waals surface area contributed by atoms with Gasteiger partial charge in [0.15, 0.2) is 0 Å². The van der Waals surface area contributed by atoms with Gasteiger partial charge in [-0.2, -0.15) is 0 Å². The van der Waals surface area contributed by atoms with E-state index in [1.54, 1.807) is 0 Å². The summed E-state index contributed by atoms with van der Waals surface area (Å²) in [4.78, 5) is 23.4. The number of rotatable bonds is 52. The molecule has 0 bridgehead atoms. The van der Waals surface area contributed by atoms with E-state index in [4.69, 9.17) is 18.5 Å². The lowest BCUT2D eigenvalue weighted by atomic mass is 9.85. The molecule has 0 spiro atoms. The molecule has 12 nitrogen and oxygen atoms in total. The molecule has 0 heterocycles. The van der Waals surface area contributed by atoms with E-state index in [0.29, 0.717) is 13.0 Å². The first-order chi connectivity index (χ1) is 36.0. The summed E-state index contributed by atoms with van der Waals surface area (Å²) in [5.74, 6) is -0.485. The van der Waals surface area contributed by atoms with Crippen molar-refractivity contribution in [2.45, 2.75) is 301 Å². The first-order valence-corrected chi connectivity index (χ1v) is 31.6. The van der Waals surface area contributed by atoms with Crippen molar-refractivity contribution in [1.29, 1.82) is 0 Å². The SMILES string of the molecule is CC/C=C\C/C=C\C/C=C\C/C=C\C/C=C\CCCCCCCCCC(=O)OC(COCCCCCCCCCCCCCCCCCCCCCCCCCC)COP(=O)(O)OC1C(O)C(O)C(O)C(O)C1O. The molecule has 0 amide bonds. The number of phosphoric ester groups is 1. The average Bonchev–Trinajstić information content (AvgIpc) is 3.39. The quantitative estimate of drug-likeness (QED) is 0.0146. The number of carbonyl (C=O) groups excluding carboxylic acids is 1. The number of hydrogen-bond donors (Lipinski definition) is 6. The zero-order chi connectivity index (χ0) is 54.0. The molecular formula is C61H111O12P. The summed E-state index contributed by atoms with van der Waals surface area (Å²) in [5.41, 5.74) is 0. The molecule has 0 aromatic carbocycles. The molecule has 6 N–H and O–H groups in total. The van der Waals surface area contributed by atoms with E-state index < -0.39 is 63.1 Å². The maximum atomic E-state index is 12.9. The van der Waals surface area contributed by atoms with Crippen LogP contribution in [0.3, 0.4) is 0 Å². The van der Waals surface area contributed by atoms with E-state index >= 15 is 0 Å². The normalized spacial score (nSPS) is 20.8. The lowest BCUT2D eigenvalue weighted by Gasteiger charge is -2.41. The minimum Gasteiger partial charge on any atom is -0.457 e. The molecule has 1 saturated carbocycles. The molecule has 6 atom stereocenters. The number of hydrogen-bond acceptors (Lipinski definition) is 11. The van der Waals surface area contributed by atoms with Crippen LogP contribution in [0.2, 0.25) is 0 Å². The van der Waals surface area contributed by atoms with Gasteiger partial charge in [-0.15, -0.1) is 0 Å². The van der Waals surface area contributed by atoms with E-state index in [2.05, 4.69) is 74.6 Å². The van der Waals surface area contributed by atoms with Gasteiger partial charge in [-0.05, 0) is 57.8 Å². The fourth-order valence-electron chi connectivity index (χ4n) is 9.21. The van der Waals surface area contributed by atoms with Gasteiger partial charge in [0.2, 0.25) is 0 Å². The van der Waals surface area contributed by atoms with Crippen molar-refractivity contribution < 1.29 is 58.3 Å². The van der Waals surface area contributed by atoms with Crippen molar-refractivity contribution in [2.24, 2.45) is 0 Å². The van der Waals surface area contributed by atoms with Crippen molar-refractivity contribution in [3.05, 3.63) is 60.8 Å². The lowest BCUT2D eigenvalue weighted by Crippen LogP contribution is -2.64. The molecule has 0 aliphatic heterocycles. The predicted octanol–water partition coefficient (Wildman–Crippen LogP) is 14.9. The Labute approximate surface area is 451 Å². The highest BCUT2D eigenvalue weighted by atomic mass is 31.2. The molecule has 0 radical (unpaired) electrons. The fourth-order valence-corrected chi connectivity index (χ4v) is 10.2. The van der Waals surface area contributed by atoms with Crippen LogP contribution in [0.4, 0.5) is 0 Å². The zero-order valence-corrected chi connectivity index (χ0v) is 47.8. The predicted molar refractivity (Wildman–Crippen MR) is 304 cm³/mol. The second kappa shape index (κ2) is 50.5. The number of unbranched alkanes of at least 4 members (excludes halogenated alkanes) is 30. The van der Waals surface area contributed by atoms with Crippen LogP contribution in [0.5, 0.6) is 0 Å². The Hall–Kier alpha value is -1.96. The Bertz CT molecular complexity index is 1450. The first-order valence-electron chi connectivity index (χ1n) is 30.1. The van der Waals surface area contributed by atoms with Crippen molar-refractivity contribution in [3.63, 3.8) is 0 Å². The summed E-state index contributed by atoms with van der Waals surface area (Å²) in [6, 6.07) is 0. The van der Waals surface area contributed by atoms with Gasteiger partial charge in [-0.1, -0.05) is 254 Å². The minimum absolute atomic E-state index is 0.0803. The molecule has 1 fully saturated rings. The smallest absolute Gasteiger partial charge is 0.457 e. The summed E-state index contributed by atoms with van der Waals surface area (Å²) in [6.45, 7) is 4.19. The lowest BCUT2D eigenvalue weighted by molar-refractivity contribution is -0.220. The van der Waals surface area contributed by atoms with Crippen molar-refractivity contribution in [3.8, 4) is 0 Å². The Morgan fingerprint density at radius 1 is 0.446 bits per heavy atom. The van der Waals surface area contributed by atoms with Gasteiger partial charge in [0.25, 0.3) is 0 Å². The van der Waals surface area contributed by atoms with Crippen LogP contribution < -0.4 is 0 Å². The maximum absolute atomic E-state index is 12.9. The van der Waals surface area contributed by atoms with E-state index in [9.17, 15) is 39.8 Å². The van der Waals surface area contributed by atoms with Crippen molar-refractivity contribution >= 4 is 13.8 Å². The van der Waals surface area contributed by atoms with Gasteiger partial charge in [-0.25, -0.2) is 4.57 Å². The molecule has 432 valence electrons. The van der Waals surface area contributed by atoms with E-state index in [1.165, 1.54) is 135 Å². The highest BCUT2D eigenvalue weighted by Gasteiger charge is 2.51. The molecule has 1 aliphatic rings. The molecule has 1 rings (SSSR count). The summed E-state index contributed by atoms with van der Waals surface area (Å²) in [5, 5.41) is 50.5. The van der Waals surface area contributed by atoms with Gasteiger partial charge in [-0.3, -0.25) is 13.8 Å². The molecule has 0 saturated heterocycles. The third-order valence-electron chi connectivity index (χ3n) is 13.9. The third kappa shape index (κ3) is 41.2. The van der Waals surface area contributed by atoms with Gasteiger partial charge >= 0.3 is 13.8 Å². The Balaban J connectivity index is 2.27. The Morgan fingerprint density at radius 2 is 0.797 bits per heavy atom. The number of aliphatic hydroxyl groups is 5. The van der Waals surface area contributed by atoms with Crippen LogP contribution in [-0.2, 0) is 27.9 Å². The highest BCUT2D eigenvalue weighted by molar-refractivity contribution is 7.47. The second-order valence-corrected chi connectivity index (χ2v) is 22.2. The molecule has 0 aromatic rings. The Kier molecular flexibility index (Phi) is 47.8. The van der Waals surface area contributed by atoms with Crippen LogP contribution in [0.25, 0.3) is 0 Å². The number of ether oxygens (including phenoxy) is 2. The van der Waals surface area contributed by atoms with Gasteiger partial charge in [0.05, 0.1) is 13.2 Å². The fraction of sp³-hybridized carbons (Fsp3) is 0.820. The largest absolute Gasteiger partial charge is 0.472 e. The summed E-state index contributed by atoms with van der Waals surface area (Å²) >= 11 is 0. The van der Waals surface area contributed by atoms with Crippen LogP contribution in [0, 0.1) is 0 Å². The van der Waals surface area contributed by atoms with Crippen LogP contribution >= 0.6 is 7.82 Å². The van der Waals surface area contributed by atoms with Gasteiger partial charge < -0.3 is 39.9 Å². The number of carbonyl (C=O) groups is 1. The van der Waals surface area contributed by atoms with Crippen LogP contribution in [0.15, 0.2) is 60.8 Å². The van der Waals surface area contributed by atoms with Gasteiger partial charge in [0.1, 0.15) is 42.7 Å². The summed E-state index contributed by atoms with van der Waals surface area (Å²) in [7, 11) is -5.03. The topological polar surface area (TPSA) is 192 Å². The average molecular weight is 1070 g/mol. The zero-order valence-electron chi connectivity index (χ0n) is 46.9. The van der Waals surface area contributed by atoms with E-state index in [1.807, 2.05) is 0 Å². The van der Waals surface area contributed by atoms with Crippen LogP contribution in [0.1, 0.15) is 258 Å². The molecule has 74 heavy (non-hydrogen) atoms. The van der Waals surface area contributed by atoms with Crippen molar-refractivity contribution in [2.75, 3.05) is 19.8 Å². The number of allylic oxidation sites excluding steroid dienone is 10. The van der Waals surface area contributed by atoms with Crippen LogP contribution in [-0.4, -0.2) is 98.9 Å².